The van der Waals surface area contributed by atoms with Crippen molar-refractivity contribution in [3.63, 3.8) is 0 Å². The van der Waals surface area contributed by atoms with Gasteiger partial charge in [-0.25, -0.2) is 0 Å². The van der Waals surface area contributed by atoms with Gasteiger partial charge in [-0.2, -0.15) is 0 Å². The lowest BCUT2D eigenvalue weighted by Gasteiger charge is -2.28. The Balaban J connectivity index is 0.00000220. The predicted octanol–water partition coefficient (Wildman–Crippen LogP) is 0.909. The molecule has 0 radical (unpaired) electrons. The number of amides is 1. The molecule has 1 aliphatic carbocycles. The summed E-state index contributed by atoms with van der Waals surface area (Å²) < 4.78 is 1.48. The first-order valence-electron chi connectivity index (χ1n) is 6.65. The standard InChI is InChI=1S/C12H19N5O3.ClH/c1-9-14-10(17(19)20)6-16(9)7-11(18)15-12(8-13)4-2-3-5-12;/h6H,2-5,7-8,13H2,1H3,(H,15,18);1H. The van der Waals surface area contributed by atoms with Crippen LogP contribution in [0.1, 0.15) is 31.5 Å². The van der Waals surface area contributed by atoms with Crippen molar-refractivity contribution in [3.8, 4) is 0 Å². The minimum atomic E-state index is -0.570. The van der Waals surface area contributed by atoms with Crippen LogP contribution in [-0.2, 0) is 11.3 Å². The van der Waals surface area contributed by atoms with Crippen LogP contribution in [0.3, 0.4) is 0 Å². The second-order valence-electron chi connectivity index (χ2n) is 5.27. The molecule has 1 fully saturated rings. The molecule has 1 heterocycles. The molecule has 0 unspecified atom stereocenters. The zero-order valence-electron chi connectivity index (χ0n) is 11.9. The predicted molar refractivity (Wildman–Crippen MR) is 79.3 cm³/mol. The fourth-order valence-electron chi connectivity index (χ4n) is 2.66. The fourth-order valence-corrected chi connectivity index (χ4v) is 2.66. The normalized spacial score (nSPS) is 16.3. The molecule has 0 bridgehead atoms. The molecule has 0 saturated heterocycles. The molecule has 118 valence electrons. The Morgan fingerprint density at radius 1 is 1.57 bits per heavy atom. The maximum atomic E-state index is 12.1. The molecule has 0 atom stereocenters. The number of nitrogens with one attached hydrogen (secondary N) is 1. The van der Waals surface area contributed by atoms with Gasteiger partial charge in [-0.05, 0) is 22.7 Å². The smallest absolute Gasteiger partial charge is 0.358 e. The Hall–Kier alpha value is -1.67. The molecule has 1 aliphatic rings. The third kappa shape index (κ3) is 3.92. The van der Waals surface area contributed by atoms with E-state index in [-0.39, 0.29) is 36.2 Å². The molecule has 0 aromatic carbocycles. The van der Waals surface area contributed by atoms with E-state index in [0.717, 1.165) is 25.7 Å². The lowest BCUT2D eigenvalue weighted by Crippen LogP contribution is -2.52. The van der Waals surface area contributed by atoms with Crippen LogP contribution in [0, 0.1) is 17.0 Å². The summed E-state index contributed by atoms with van der Waals surface area (Å²) in [5, 5.41) is 13.6. The third-order valence-electron chi connectivity index (χ3n) is 3.82. The van der Waals surface area contributed by atoms with Crippen molar-refractivity contribution in [1.29, 1.82) is 0 Å². The summed E-state index contributed by atoms with van der Waals surface area (Å²) in [7, 11) is 0. The highest BCUT2D eigenvalue weighted by Crippen LogP contribution is 2.28. The highest BCUT2D eigenvalue weighted by atomic mass is 35.5. The summed E-state index contributed by atoms with van der Waals surface area (Å²) >= 11 is 0. The molecule has 9 heteroatoms. The molecular formula is C12H20ClN5O3. The number of aromatic nitrogens is 2. The van der Waals surface area contributed by atoms with Crippen LogP contribution in [0.25, 0.3) is 0 Å². The number of hydrogen-bond donors (Lipinski definition) is 2. The maximum absolute atomic E-state index is 12.1. The highest BCUT2D eigenvalue weighted by molar-refractivity contribution is 5.85. The summed E-state index contributed by atoms with van der Waals surface area (Å²) in [4.78, 5) is 25.9. The molecule has 0 aliphatic heterocycles. The molecule has 2 rings (SSSR count). The summed E-state index contributed by atoms with van der Waals surface area (Å²) in [5.74, 6) is 0.0116. The molecule has 0 spiro atoms. The molecule has 1 amide bonds. The lowest BCUT2D eigenvalue weighted by atomic mass is 9.98. The quantitative estimate of drug-likeness (QED) is 0.618. The van der Waals surface area contributed by atoms with Gasteiger partial charge in [0.15, 0.2) is 0 Å². The van der Waals surface area contributed by atoms with Crippen molar-refractivity contribution in [3.05, 3.63) is 22.1 Å². The van der Waals surface area contributed by atoms with Gasteiger partial charge in [-0.1, -0.05) is 12.8 Å². The molecule has 1 aromatic heterocycles. The van der Waals surface area contributed by atoms with Gasteiger partial charge in [0.05, 0.1) is 5.54 Å². The molecular weight excluding hydrogens is 298 g/mol. The maximum Gasteiger partial charge on any atom is 0.381 e. The number of aryl methyl sites for hydroxylation is 1. The van der Waals surface area contributed by atoms with Gasteiger partial charge >= 0.3 is 5.82 Å². The fraction of sp³-hybridized carbons (Fsp3) is 0.667. The Morgan fingerprint density at radius 2 is 2.19 bits per heavy atom. The van der Waals surface area contributed by atoms with Gasteiger partial charge in [-0.15, -0.1) is 12.4 Å². The number of halogens is 1. The van der Waals surface area contributed by atoms with Crippen molar-refractivity contribution < 1.29 is 9.72 Å². The van der Waals surface area contributed by atoms with Crippen molar-refractivity contribution >= 4 is 24.1 Å². The number of carbonyl (C=O) groups excluding carboxylic acids is 1. The Labute approximate surface area is 128 Å². The number of nitro groups is 1. The Morgan fingerprint density at radius 3 is 2.67 bits per heavy atom. The molecule has 1 aromatic rings. The average molecular weight is 318 g/mol. The van der Waals surface area contributed by atoms with E-state index in [9.17, 15) is 14.9 Å². The largest absolute Gasteiger partial charge is 0.381 e. The first kappa shape index (κ1) is 17.4. The minimum absolute atomic E-state index is 0. The van der Waals surface area contributed by atoms with E-state index in [4.69, 9.17) is 5.73 Å². The first-order valence-corrected chi connectivity index (χ1v) is 6.65. The molecule has 3 N–H and O–H groups in total. The highest BCUT2D eigenvalue weighted by Gasteiger charge is 2.34. The summed E-state index contributed by atoms with van der Waals surface area (Å²) in [6.45, 7) is 2.07. The van der Waals surface area contributed by atoms with E-state index < -0.39 is 4.92 Å². The summed E-state index contributed by atoms with van der Waals surface area (Å²) in [6, 6.07) is 0. The van der Waals surface area contributed by atoms with Crippen molar-refractivity contribution in [1.82, 2.24) is 14.9 Å². The zero-order valence-corrected chi connectivity index (χ0v) is 12.7. The van der Waals surface area contributed by atoms with Crippen LogP contribution in [0.15, 0.2) is 6.20 Å². The molecule has 1 saturated carbocycles. The number of hydrogen-bond acceptors (Lipinski definition) is 5. The SMILES string of the molecule is Cc1nc([N+](=O)[O-])cn1CC(=O)NC1(CN)CCCC1.Cl. The van der Waals surface area contributed by atoms with E-state index in [1.807, 2.05) is 0 Å². The van der Waals surface area contributed by atoms with Crippen LogP contribution in [-0.4, -0.2) is 32.5 Å². The number of imidazole rings is 1. The first-order chi connectivity index (χ1) is 9.46. The van der Waals surface area contributed by atoms with Gasteiger partial charge in [0.25, 0.3) is 0 Å². The van der Waals surface area contributed by atoms with Crippen molar-refractivity contribution in [2.45, 2.75) is 44.7 Å². The van der Waals surface area contributed by atoms with Crippen LogP contribution in [0.2, 0.25) is 0 Å². The monoisotopic (exact) mass is 317 g/mol. The number of carbonyl (C=O) groups is 1. The molecule has 21 heavy (non-hydrogen) atoms. The van der Waals surface area contributed by atoms with Crippen LogP contribution < -0.4 is 11.1 Å². The minimum Gasteiger partial charge on any atom is -0.358 e. The Kier molecular flexibility index (Phi) is 5.68. The van der Waals surface area contributed by atoms with Gasteiger partial charge in [0.1, 0.15) is 12.7 Å². The van der Waals surface area contributed by atoms with Gasteiger partial charge < -0.3 is 21.2 Å². The third-order valence-corrected chi connectivity index (χ3v) is 3.82. The molecule has 8 nitrogen and oxygen atoms in total. The van der Waals surface area contributed by atoms with Crippen LogP contribution in [0.4, 0.5) is 5.82 Å². The van der Waals surface area contributed by atoms with Gasteiger partial charge in [0.2, 0.25) is 11.7 Å². The summed E-state index contributed by atoms with van der Waals surface area (Å²) in [5.41, 5.74) is 5.45. The van der Waals surface area contributed by atoms with E-state index in [1.165, 1.54) is 10.8 Å². The van der Waals surface area contributed by atoms with Gasteiger partial charge in [0, 0.05) is 13.5 Å². The van der Waals surface area contributed by atoms with Gasteiger partial charge in [-0.3, -0.25) is 9.36 Å². The number of nitrogens with two attached hydrogens (primary N) is 1. The second-order valence-corrected chi connectivity index (χ2v) is 5.27. The van der Waals surface area contributed by atoms with E-state index in [1.54, 1.807) is 6.92 Å². The average Bonchev–Trinajstić information content (AvgIpc) is 2.98. The zero-order chi connectivity index (χ0) is 14.8. The Bertz CT molecular complexity index is 525. The van der Waals surface area contributed by atoms with Crippen LogP contribution in [0.5, 0.6) is 0 Å². The lowest BCUT2D eigenvalue weighted by molar-refractivity contribution is -0.389. The topological polar surface area (TPSA) is 116 Å². The van der Waals surface area contributed by atoms with Crippen molar-refractivity contribution in [2.75, 3.05) is 6.54 Å². The summed E-state index contributed by atoms with van der Waals surface area (Å²) in [6.07, 6.45) is 5.18. The number of rotatable bonds is 5. The van der Waals surface area contributed by atoms with Crippen molar-refractivity contribution in [2.24, 2.45) is 5.73 Å². The van der Waals surface area contributed by atoms with E-state index in [2.05, 4.69) is 10.3 Å². The van der Waals surface area contributed by atoms with E-state index in [0.29, 0.717) is 12.4 Å². The second kappa shape index (κ2) is 6.86. The van der Waals surface area contributed by atoms with E-state index >= 15 is 0 Å². The number of nitrogens with zero attached hydrogens (tertiary/aromatic N) is 3. The van der Waals surface area contributed by atoms with Crippen LogP contribution >= 0.6 is 12.4 Å².